The van der Waals surface area contributed by atoms with Gasteiger partial charge in [0, 0.05) is 0 Å². The number of unbranched alkanes of at least 4 members (excludes halogenated alkanes) is 10. The third kappa shape index (κ3) is 15.8. The van der Waals surface area contributed by atoms with Crippen molar-refractivity contribution >= 4 is 47.8 Å². The van der Waals surface area contributed by atoms with E-state index in [1.54, 1.807) is 0 Å². The Labute approximate surface area is 156 Å². The highest BCUT2D eigenvalue weighted by Gasteiger charge is 2.13. The predicted molar refractivity (Wildman–Crippen MR) is 106 cm³/mol. The molecule has 1 N–H and O–H groups in total. The average molecular weight is 491 g/mol. The Morgan fingerprint density at radius 3 is 1.71 bits per heavy atom. The SMILES string of the molecule is CCCCCCCCCCCCC[C@H](O)[C@H](Br)C=C(Br)Br. The summed E-state index contributed by atoms with van der Waals surface area (Å²) in [4.78, 5) is 0.0226. The maximum Gasteiger partial charge on any atom is 0.0700 e. The van der Waals surface area contributed by atoms with E-state index >= 15 is 0 Å². The number of rotatable bonds is 14. The van der Waals surface area contributed by atoms with E-state index in [2.05, 4.69) is 54.7 Å². The molecule has 0 spiro atoms. The lowest BCUT2D eigenvalue weighted by atomic mass is 10.0. The van der Waals surface area contributed by atoms with Crippen molar-refractivity contribution in [3.63, 3.8) is 0 Å². The van der Waals surface area contributed by atoms with E-state index in [9.17, 15) is 5.11 Å². The molecule has 0 bridgehead atoms. The molecule has 0 aliphatic carbocycles. The smallest absolute Gasteiger partial charge is 0.0700 e. The zero-order valence-electron chi connectivity index (χ0n) is 13.3. The lowest BCUT2D eigenvalue weighted by Crippen LogP contribution is -2.18. The highest BCUT2D eigenvalue weighted by molar-refractivity contribution is 9.28. The van der Waals surface area contributed by atoms with Crippen LogP contribution in [0.5, 0.6) is 0 Å². The van der Waals surface area contributed by atoms with E-state index in [4.69, 9.17) is 0 Å². The van der Waals surface area contributed by atoms with Crippen molar-refractivity contribution in [3.8, 4) is 0 Å². The van der Waals surface area contributed by atoms with Crippen LogP contribution in [0.1, 0.15) is 84.0 Å². The first-order chi connectivity index (χ1) is 10.1. The molecule has 0 fully saturated rings. The van der Waals surface area contributed by atoms with E-state index in [0.29, 0.717) is 0 Å². The number of halogens is 3. The predicted octanol–water partition coefficient (Wildman–Crippen LogP) is 7.44. The van der Waals surface area contributed by atoms with E-state index in [-0.39, 0.29) is 10.9 Å². The quantitative estimate of drug-likeness (QED) is 0.198. The van der Waals surface area contributed by atoms with Crippen molar-refractivity contribution in [1.29, 1.82) is 0 Å². The molecule has 21 heavy (non-hydrogen) atoms. The second-order valence-corrected chi connectivity index (χ2v) is 9.62. The summed E-state index contributed by atoms with van der Waals surface area (Å²) < 4.78 is 0.884. The molecule has 126 valence electrons. The van der Waals surface area contributed by atoms with Gasteiger partial charge in [0.05, 0.1) is 14.3 Å². The molecule has 0 aromatic heterocycles. The minimum Gasteiger partial charge on any atom is -0.392 e. The first-order valence-corrected chi connectivity index (χ1v) is 10.9. The maximum atomic E-state index is 9.98. The number of hydrogen-bond donors (Lipinski definition) is 1. The molecule has 1 nitrogen and oxygen atoms in total. The molecule has 0 amide bonds. The summed E-state index contributed by atoms with van der Waals surface area (Å²) in [5, 5.41) is 9.98. The topological polar surface area (TPSA) is 20.2 Å². The molecule has 0 aromatic rings. The van der Waals surface area contributed by atoms with E-state index in [1.807, 2.05) is 6.08 Å². The summed E-state index contributed by atoms with van der Waals surface area (Å²) >= 11 is 10.1. The van der Waals surface area contributed by atoms with Crippen molar-refractivity contribution in [2.75, 3.05) is 0 Å². The van der Waals surface area contributed by atoms with Crippen LogP contribution in [0.3, 0.4) is 0 Å². The minimum absolute atomic E-state index is 0.0226. The van der Waals surface area contributed by atoms with Crippen molar-refractivity contribution in [1.82, 2.24) is 0 Å². The first kappa shape index (κ1) is 22.1. The number of alkyl halides is 1. The van der Waals surface area contributed by atoms with Gasteiger partial charge in [-0.15, -0.1) is 0 Å². The van der Waals surface area contributed by atoms with Crippen LogP contribution in [0.4, 0.5) is 0 Å². The van der Waals surface area contributed by atoms with E-state index in [0.717, 1.165) is 16.2 Å². The molecule has 0 heterocycles. The molecule has 0 aliphatic rings. The van der Waals surface area contributed by atoms with Gasteiger partial charge in [-0.1, -0.05) is 93.5 Å². The fourth-order valence-corrected chi connectivity index (χ4v) is 4.22. The zero-order valence-corrected chi connectivity index (χ0v) is 18.1. The summed E-state index contributed by atoms with van der Waals surface area (Å²) in [6, 6.07) is 0. The van der Waals surface area contributed by atoms with Gasteiger partial charge in [0.25, 0.3) is 0 Å². The van der Waals surface area contributed by atoms with Crippen LogP contribution in [-0.2, 0) is 0 Å². The van der Waals surface area contributed by atoms with Gasteiger partial charge in [0.1, 0.15) is 0 Å². The monoisotopic (exact) mass is 488 g/mol. The molecule has 0 unspecified atom stereocenters. The molecule has 0 aliphatic heterocycles. The first-order valence-electron chi connectivity index (χ1n) is 8.43. The second kappa shape index (κ2) is 16.0. The molecule has 0 radical (unpaired) electrons. The maximum absolute atomic E-state index is 9.98. The Hall–Kier alpha value is 1.14. The van der Waals surface area contributed by atoms with Crippen LogP contribution in [0, 0.1) is 0 Å². The van der Waals surface area contributed by atoms with Crippen LogP contribution in [0.25, 0.3) is 0 Å². The van der Waals surface area contributed by atoms with Crippen molar-refractivity contribution in [2.45, 2.75) is 94.9 Å². The van der Waals surface area contributed by atoms with E-state index < -0.39 is 0 Å². The van der Waals surface area contributed by atoms with Gasteiger partial charge in [-0.3, -0.25) is 0 Å². The van der Waals surface area contributed by atoms with Gasteiger partial charge in [-0.05, 0) is 44.4 Å². The van der Waals surface area contributed by atoms with Crippen LogP contribution in [0.15, 0.2) is 9.47 Å². The molecule has 0 rings (SSSR count). The summed E-state index contributed by atoms with van der Waals surface area (Å²) in [6.07, 6.45) is 17.3. The van der Waals surface area contributed by atoms with Gasteiger partial charge in [-0.25, -0.2) is 0 Å². The van der Waals surface area contributed by atoms with Gasteiger partial charge < -0.3 is 5.11 Å². The Balaban J connectivity index is 3.30. The van der Waals surface area contributed by atoms with Crippen molar-refractivity contribution in [3.05, 3.63) is 9.47 Å². The van der Waals surface area contributed by atoms with Gasteiger partial charge >= 0.3 is 0 Å². The molecule has 2 atom stereocenters. The van der Waals surface area contributed by atoms with Crippen LogP contribution in [-0.4, -0.2) is 16.0 Å². The largest absolute Gasteiger partial charge is 0.392 e. The molecule has 0 saturated heterocycles. The van der Waals surface area contributed by atoms with Crippen molar-refractivity contribution in [2.24, 2.45) is 0 Å². The lowest BCUT2D eigenvalue weighted by Gasteiger charge is -2.13. The number of aliphatic hydroxyl groups is 1. The van der Waals surface area contributed by atoms with Crippen LogP contribution >= 0.6 is 47.8 Å². The Kier molecular flexibility index (Phi) is 16.9. The molecule has 0 saturated carbocycles. The number of hydrogen-bond acceptors (Lipinski definition) is 1. The Morgan fingerprint density at radius 2 is 1.29 bits per heavy atom. The molecule has 0 aromatic carbocycles. The fraction of sp³-hybridized carbons (Fsp3) is 0.882. The van der Waals surface area contributed by atoms with Crippen LogP contribution < -0.4 is 0 Å². The zero-order chi connectivity index (χ0) is 15.9. The molecule has 4 heteroatoms. The second-order valence-electron chi connectivity index (χ2n) is 5.79. The van der Waals surface area contributed by atoms with Gasteiger partial charge in [0.15, 0.2) is 0 Å². The highest BCUT2D eigenvalue weighted by atomic mass is 79.9. The van der Waals surface area contributed by atoms with Gasteiger partial charge in [-0.2, -0.15) is 0 Å². The number of aliphatic hydroxyl groups excluding tert-OH is 1. The third-order valence-corrected chi connectivity index (χ3v) is 5.16. The summed E-state index contributed by atoms with van der Waals surface area (Å²) in [7, 11) is 0. The lowest BCUT2D eigenvalue weighted by molar-refractivity contribution is 0.170. The Bertz CT molecular complexity index is 252. The summed E-state index contributed by atoms with van der Waals surface area (Å²) in [6.45, 7) is 2.27. The minimum atomic E-state index is -0.298. The van der Waals surface area contributed by atoms with E-state index in [1.165, 1.54) is 64.2 Å². The van der Waals surface area contributed by atoms with Crippen molar-refractivity contribution < 1.29 is 5.11 Å². The summed E-state index contributed by atoms with van der Waals surface area (Å²) in [5.41, 5.74) is 0. The third-order valence-electron chi connectivity index (χ3n) is 3.76. The van der Waals surface area contributed by atoms with Crippen LogP contribution in [0.2, 0.25) is 0 Å². The van der Waals surface area contributed by atoms with Gasteiger partial charge in [0.2, 0.25) is 0 Å². The molecular weight excluding hydrogens is 460 g/mol. The normalized spacial score (nSPS) is 14.0. The molecular formula is C17H31Br3O. The summed E-state index contributed by atoms with van der Waals surface area (Å²) in [5.74, 6) is 0. The highest BCUT2D eigenvalue weighted by Crippen LogP contribution is 2.21. The standard InChI is InChI=1S/C17H31Br3O/c1-2-3-4-5-6-7-8-9-10-11-12-13-16(21)15(18)14-17(19)20/h14-16,21H,2-13H2,1H3/t15-,16+/m1/s1. The Morgan fingerprint density at radius 1 is 0.857 bits per heavy atom. The average Bonchev–Trinajstić information content (AvgIpc) is 2.43. The fourth-order valence-electron chi connectivity index (χ4n) is 2.41.